The number of amides is 1. The van der Waals surface area contributed by atoms with Gasteiger partial charge in [0, 0.05) is 54.1 Å². The molecule has 0 aliphatic carbocycles. The number of benzene rings is 2. The van der Waals surface area contributed by atoms with Crippen molar-refractivity contribution in [1.82, 2.24) is 9.88 Å². The summed E-state index contributed by atoms with van der Waals surface area (Å²) in [7, 11) is 0. The first-order valence-electron chi connectivity index (χ1n) is 13.3. The fraction of sp³-hybridized carbons (Fsp3) is 0.300. The molecule has 2 aromatic carbocycles. The van der Waals surface area contributed by atoms with Crippen LogP contribution in [0.2, 0.25) is 5.15 Å². The van der Waals surface area contributed by atoms with Gasteiger partial charge in [-0.15, -0.1) is 11.3 Å². The van der Waals surface area contributed by atoms with E-state index in [1.807, 2.05) is 11.4 Å². The average molecular weight is 596 g/mol. The van der Waals surface area contributed by atoms with Crippen molar-refractivity contribution in [1.29, 1.82) is 0 Å². The van der Waals surface area contributed by atoms with Crippen molar-refractivity contribution in [2.24, 2.45) is 0 Å². The predicted molar refractivity (Wildman–Crippen MR) is 159 cm³/mol. The summed E-state index contributed by atoms with van der Waals surface area (Å²) in [5.74, 6) is 0.511. The summed E-state index contributed by atoms with van der Waals surface area (Å²) in [5, 5.41) is 5.77. The molecule has 9 nitrogen and oxygen atoms in total. The first kappa shape index (κ1) is 28.8. The van der Waals surface area contributed by atoms with Crippen molar-refractivity contribution in [3.8, 4) is 11.5 Å². The zero-order valence-corrected chi connectivity index (χ0v) is 24.1. The van der Waals surface area contributed by atoms with Crippen molar-refractivity contribution in [2.75, 3.05) is 51.4 Å². The van der Waals surface area contributed by atoms with Crippen LogP contribution in [0.15, 0.2) is 60.1 Å². The van der Waals surface area contributed by atoms with Crippen molar-refractivity contribution < 1.29 is 28.5 Å². The Kier molecular flexibility index (Phi) is 9.68. The van der Waals surface area contributed by atoms with Crippen molar-refractivity contribution in [2.45, 2.75) is 13.5 Å². The van der Waals surface area contributed by atoms with Crippen LogP contribution >= 0.6 is 22.9 Å². The lowest BCUT2D eigenvalue weighted by molar-refractivity contribution is 0.0322. The zero-order valence-electron chi connectivity index (χ0n) is 22.6. The molecular formula is C30H30ClN3O6S. The summed E-state index contributed by atoms with van der Waals surface area (Å²) in [6, 6.07) is 14.3. The van der Waals surface area contributed by atoms with Gasteiger partial charge in [0.15, 0.2) is 0 Å². The number of ether oxygens (including phenoxy) is 4. The highest BCUT2D eigenvalue weighted by atomic mass is 35.5. The number of morpholine rings is 1. The van der Waals surface area contributed by atoms with Gasteiger partial charge in [0.1, 0.15) is 29.9 Å². The normalized spacial score (nSPS) is 13.6. The molecule has 1 amide bonds. The van der Waals surface area contributed by atoms with Gasteiger partial charge in [-0.05, 0) is 42.6 Å². The Morgan fingerprint density at radius 3 is 2.68 bits per heavy atom. The van der Waals surface area contributed by atoms with Crippen LogP contribution in [0.25, 0.3) is 10.1 Å². The van der Waals surface area contributed by atoms with E-state index in [0.29, 0.717) is 50.2 Å². The van der Waals surface area contributed by atoms with Crippen LogP contribution in [0.4, 0.5) is 5.69 Å². The molecule has 0 radical (unpaired) electrons. The fourth-order valence-electron chi connectivity index (χ4n) is 4.40. The Balaban J connectivity index is 1.20. The molecule has 1 N–H and O–H groups in total. The SMILES string of the molecule is CCOC(=O)c1cnc(Cl)c2c(COc3cccc(NC(=O)c4cccc(OCCN5CCOCC5)c4)c3)csc12. The molecule has 5 rings (SSSR count). The highest BCUT2D eigenvalue weighted by molar-refractivity contribution is 7.17. The second-order valence-corrected chi connectivity index (χ2v) is 10.5. The number of nitrogens with one attached hydrogen (secondary N) is 1. The van der Waals surface area contributed by atoms with E-state index in [9.17, 15) is 9.59 Å². The molecule has 0 spiro atoms. The molecular weight excluding hydrogens is 566 g/mol. The van der Waals surface area contributed by atoms with Crippen molar-refractivity contribution in [3.63, 3.8) is 0 Å². The van der Waals surface area contributed by atoms with Crippen LogP contribution in [0.5, 0.6) is 11.5 Å². The number of carbonyl (C=O) groups excluding carboxylic acids is 2. The topological polar surface area (TPSA) is 99.2 Å². The molecule has 1 fully saturated rings. The van der Waals surface area contributed by atoms with E-state index in [-0.39, 0.29) is 19.1 Å². The number of anilines is 1. The minimum Gasteiger partial charge on any atom is -0.492 e. The molecule has 41 heavy (non-hydrogen) atoms. The molecule has 214 valence electrons. The number of rotatable bonds is 11. The van der Waals surface area contributed by atoms with Gasteiger partial charge in [-0.25, -0.2) is 9.78 Å². The van der Waals surface area contributed by atoms with Crippen LogP contribution in [0.3, 0.4) is 0 Å². The van der Waals surface area contributed by atoms with Gasteiger partial charge in [0.2, 0.25) is 0 Å². The van der Waals surface area contributed by atoms with Crippen LogP contribution in [-0.2, 0) is 16.1 Å². The minimum absolute atomic E-state index is 0.203. The number of nitrogens with zero attached hydrogens (tertiary/aromatic N) is 2. The second kappa shape index (κ2) is 13.8. The Hall–Kier alpha value is -3.70. The molecule has 11 heteroatoms. The lowest BCUT2D eigenvalue weighted by Crippen LogP contribution is -2.38. The molecule has 0 bridgehead atoms. The van der Waals surface area contributed by atoms with E-state index in [4.69, 9.17) is 30.5 Å². The number of fused-ring (bicyclic) bond motifs is 1. The first-order chi connectivity index (χ1) is 20.0. The summed E-state index contributed by atoms with van der Waals surface area (Å²) in [4.78, 5) is 31.8. The number of hydrogen-bond acceptors (Lipinski definition) is 9. The number of halogens is 1. The molecule has 0 atom stereocenters. The van der Waals surface area contributed by atoms with E-state index < -0.39 is 5.97 Å². The molecule has 4 aromatic rings. The fourth-order valence-corrected chi connectivity index (χ4v) is 5.77. The van der Waals surface area contributed by atoms with Gasteiger partial charge in [-0.3, -0.25) is 9.69 Å². The minimum atomic E-state index is -0.440. The van der Waals surface area contributed by atoms with Gasteiger partial charge in [-0.2, -0.15) is 0 Å². The second-order valence-electron chi connectivity index (χ2n) is 9.25. The molecule has 1 aliphatic rings. The average Bonchev–Trinajstić information content (AvgIpc) is 3.42. The van der Waals surface area contributed by atoms with E-state index in [1.165, 1.54) is 17.5 Å². The maximum absolute atomic E-state index is 13.0. The number of esters is 1. The Morgan fingerprint density at radius 1 is 1.10 bits per heavy atom. The summed E-state index contributed by atoms with van der Waals surface area (Å²) >= 11 is 7.77. The number of carbonyl (C=O) groups is 2. The Morgan fingerprint density at radius 2 is 1.88 bits per heavy atom. The van der Waals surface area contributed by atoms with E-state index in [2.05, 4.69) is 15.2 Å². The number of hydrogen-bond donors (Lipinski definition) is 1. The summed E-state index contributed by atoms with van der Waals surface area (Å²) < 4.78 is 23.1. The zero-order chi connectivity index (χ0) is 28.6. The van der Waals surface area contributed by atoms with Crippen LogP contribution in [0.1, 0.15) is 33.2 Å². The first-order valence-corrected chi connectivity index (χ1v) is 14.6. The Bertz CT molecular complexity index is 1520. The Labute approximate surface area is 246 Å². The van der Waals surface area contributed by atoms with E-state index in [1.54, 1.807) is 49.4 Å². The number of aromatic nitrogens is 1. The van der Waals surface area contributed by atoms with E-state index in [0.717, 1.165) is 38.4 Å². The highest BCUT2D eigenvalue weighted by Crippen LogP contribution is 2.34. The van der Waals surface area contributed by atoms with Crippen LogP contribution in [-0.4, -0.2) is 67.8 Å². The van der Waals surface area contributed by atoms with Gasteiger partial charge in [0.05, 0.1) is 30.1 Å². The maximum Gasteiger partial charge on any atom is 0.341 e. The van der Waals surface area contributed by atoms with Gasteiger partial charge < -0.3 is 24.3 Å². The largest absolute Gasteiger partial charge is 0.492 e. The standard InChI is InChI=1S/C30H30ClN3O6S/c1-2-38-30(36)25-17-32-28(31)26-21(19-41-27(25)26)18-40-24-8-4-6-22(16-24)33-29(35)20-5-3-7-23(15-20)39-14-11-34-9-12-37-13-10-34/h3-8,15-17,19H,2,9-14,18H2,1H3,(H,33,35). The molecule has 3 heterocycles. The van der Waals surface area contributed by atoms with Gasteiger partial charge in [-0.1, -0.05) is 23.7 Å². The molecule has 2 aromatic heterocycles. The van der Waals surface area contributed by atoms with Crippen molar-refractivity contribution >= 4 is 50.6 Å². The lowest BCUT2D eigenvalue weighted by atomic mass is 10.1. The molecule has 1 saturated heterocycles. The van der Waals surface area contributed by atoms with E-state index >= 15 is 0 Å². The third kappa shape index (κ3) is 7.34. The summed E-state index contributed by atoms with van der Waals surface area (Å²) in [6.07, 6.45) is 1.43. The monoisotopic (exact) mass is 595 g/mol. The van der Waals surface area contributed by atoms with Crippen LogP contribution in [0, 0.1) is 0 Å². The lowest BCUT2D eigenvalue weighted by Gasteiger charge is -2.26. The molecule has 0 unspecified atom stereocenters. The smallest absolute Gasteiger partial charge is 0.341 e. The van der Waals surface area contributed by atoms with Crippen molar-refractivity contribution in [3.05, 3.63) is 82.0 Å². The maximum atomic E-state index is 13.0. The number of pyridine rings is 1. The third-order valence-corrected chi connectivity index (χ3v) is 7.83. The quantitative estimate of drug-likeness (QED) is 0.175. The van der Waals surface area contributed by atoms with Crippen LogP contribution < -0.4 is 14.8 Å². The molecule has 0 saturated carbocycles. The predicted octanol–water partition coefficient (Wildman–Crippen LogP) is 5.67. The summed E-state index contributed by atoms with van der Waals surface area (Å²) in [6.45, 7) is 6.87. The third-order valence-electron chi connectivity index (χ3n) is 6.48. The van der Waals surface area contributed by atoms with Gasteiger partial charge >= 0.3 is 5.97 Å². The van der Waals surface area contributed by atoms with Gasteiger partial charge in [0.25, 0.3) is 5.91 Å². The molecule has 1 aliphatic heterocycles. The number of thiophene rings is 1. The highest BCUT2D eigenvalue weighted by Gasteiger charge is 2.19. The summed E-state index contributed by atoms with van der Waals surface area (Å²) in [5.41, 5.74) is 2.25.